The van der Waals surface area contributed by atoms with Gasteiger partial charge in [-0.25, -0.2) is 0 Å². The third-order valence-electron chi connectivity index (χ3n) is 3.29. The number of amides is 1. The summed E-state index contributed by atoms with van der Waals surface area (Å²) < 4.78 is 0. The Balaban J connectivity index is 2.28. The van der Waals surface area contributed by atoms with Crippen LogP contribution in [0.25, 0.3) is 0 Å². The average molecular weight is 250 g/mol. The number of nitrogens with one attached hydrogen (secondary N) is 1. The smallest absolute Gasteiger partial charge is 0.242 e. The number of hydrogen-bond donors (Lipinski definition) is 3. The number of carbonyl (C=O) groups is 1. The maximum Gasteiger partial charge on any atom is 0.242 e. The summed E-state index contributed by atoms with van der Waals surface area (Å²) in [5.41, 5.74) is 1.28. The summed E-state index contributed by atoms with van der Waals surface area (Å²) in [7, 11) is 0. The van der Waals surface area contributed by atoms with Crippen molar-refractivity contribution >= 4 is 11.6 Å². The summed E-state index contributed by atoms with van der Waals surface area (Å²) in [6.45, 7) is 4.74. The Morgan fingerprint density at radius 2 is 2.22 bits per heavy atom. The molecule has 3 N–H and O–H groups in total. The Bertz CT molecular complexity index is 460. The minimum atomic E-state index is -0.707. The van der Waals surface area contributed by atoms with Crippen molar-refractivity contribution in [2.45, 2.75) is 26.0 Å². The van der Waals surface area contributed by atoms with Crippen LogP contribution in [-0.2, 0) is 4.79 Å². The highest BCUT2D eigenvalue weighted by Crippen LogP contribution is 2.30. The van der Waals surface area contributed by atoms with Crippen LogP contribution < -0.4 is 10.2 Å². The summed E-state index contributed by atoms with van der Waals surface area (Å²) in [5.74, 6) is 0.0426. The number of aromatic hydroxyl groups is 1. The van der Waals surface area contributed by atoms with Crippen LogP contribution in [0.4, 0.5) is 5.69 Å². The summed E-state index contributed by atoms with van der Waals surface area (Å²) in [6.07, 6.45) is -0.707. The largest absolute Gasteiger partial charge is 0.507 e. The zero-order valence-electron chi connectivity index (χ0n) is 10.6. The molecule has 0 saturated carbocycles. The van der Waals surface area contributed by atoms with Crippen LogP contribution in [0, 0.1) is 0 Å². The SMILES string of the molecule is CC(O)c1ccc(N2CCNC(=O)C2C)cc1O. The first-order valence-corrected chi connectivity index (χ1v) is 6.06. The van der Waals surface area contributed by atoms with Crippen LogP contribution in [-0.4, -0.2) is 35.3 Å². The fourth-order valence-electron chi connectivity index (χ4n) is 2.20. The van der Waals surface area contributed by atoms with E-state index in [-0.39, 0.29) is 17.7 Å². The molecule has 1 fully saturated rings. The molecule has 98 valence electrons. The lowest BCUT2D eigenvalue weighted by Crippen LogP contribution is -2.54. The highest BCUT2D eigenvalue weighted by molar-refractivity contribution is 5.86. The molecule has 0 spiro atoms. The van der Waals surface area contributed by atoms with Gasteiger partial charge in [-0.05, 0) is 19.9 Å². The van der Waals surface area contributed by atoms with Gasteiger partial charge in [-0.15, -0.1) is 0 Å². The number of phenolic OH excluding ortho intramolecular Hbond substituents is 1. The molecule has 1 aromatic carbocycles. The number of piperazine rings is 1. The van der Waals surface area contributed by atoms with E-state index < -0.39 is 6.10 Å². The van der Waals surface area contributed by atoms with Crippen LogP contribution in [0.2, 0.25) is 0 Å². The number of benzene rings is 1. The standard InChI is InChI=1S/C13H18N2O3/c1-8-13(18)14-5-6-15(8)10-3-4-11(9(2)16)12(17)7-10/h3-4,7-9,16-17H,5-6H2,1-2H3,(H,14,18). The monoisotopic (exact) mass is 250 g/mol. The van der Waals surface area contributed by atoms with Gasteiger partial charge in [-0.1, -0.05) is 6.07 Å². The fraction of sp³-hybridized carbons (Fsp3) is 0.462. The van der Waals surface area contributed by atoms with Crippen molar-refractivity contribution in [1.29, 1.82) is 0 Å². The van der Waals surface area contributed by atoms with Crippen molar-refractivity contribution in [3.63, 3.8) is 0 Å². The Morgan fingerprint density at radius 3 is 2.83 bits per heavy atom. The molecule has 2 rings (SSSR count). The van der Waals surface area contributed by atoms with Crippen molar-refractivity contribution in [3.8, 4) is 5.75 Å². The van der Waals surface area contributed by atoms with Gasteiger partial charge in [0.15, 0.2) is 0 Å². The van der Waals surface area contributed by atoms with E-state index >= 15 is 0 Å². The molecular weight excluding hydrogens is 232 g/mol. The molecule has 2 atom stereocenters. The third-order valence-corrected chi connectivity index (χ3v) is 3.29. The summed E-state index contributed by atoms with van der Waals surface area (Å²) in [5, 5.41) is 22.1. The molecule has 0 bridgehead atoms. The Kier molecular flexibility index (Phi) is 3.43. The minimum absolute atomic E-state index is 0.0136. The van der Waals surface area contributed by atoms with Crippen molar-refractivity contribution in [2.75, 3.05) is 18.0 Å². The van der Waals surface area contributed by atoms with Crippen molar-refractivity contribution in [2.24, 2.45) is 0 Å². The third kappa shape index (κ3) is 2.26. The zero-order valence-corrected chi connectivity index (χ0v) is 10.6. The van der Waals surface area contributed by atoms with Gasteiger partial charge in [-0.2, -0.15) is 0 Å². The molecular formula is C13H18N2O3. The number of anilines is 1. The fourth-order valence-corrected chi connectivity index (χ4v) is 2.20. The minimum Gasteiger partial charge on any atom is -0.507 e. The molecule has 0 aliphatic carbocycles. The van der Waals surface area contributed by atoms with Gasteiger partial charge in [0.1, 0.15) is 11.8 Å². The van der Waals surface area contributed by atoms with Gasteiger partial charge in [0, 0.05) is 30.4 Å². The van der Waals surface area contributed by atoms with Crippen LogP contribution in [0.1, 0.15) is 25.5 Å². The second-order valence-electron chi connectivity index (χ2n) is 4.58. The van der Waals surface area contributed by atoms with E-state index in [2.05, 4.69) is 5.32 Å². The molecule has 5 nitrogen and oxygen atoms in total. The first-order chi connectivity index (χ1) is 8.50. The first kappa shape index (κ1) is 12.7. The highest BCUT2D eigenvalue weighted by Gasteiger charge is 2.26. The van der Waals surface area contributed by atoms with Gasteiger partial charge in [0.05, 0.1) is 6.10 Å². The summed E-state index contributed by atoms with van der Waals surface area (Å²) in [6, 6.07) is 4.85. The summed E-state index contributed by atoms with van der Waals surface area (Å²) in [4.78, 5) is 13.5. The van der Waals surface area contributed by atoms with Crippen LogP contribution in [0.15, 0.2) is 18.2 Å². The molecule has 2 unspecified atom stereocenters. The molecule has 1 heterocycles. The first-order valence-electron chi connectivity index (χ1n) is 6.06. The predicted octanol–water partition coefficient (Wildman–Crippen LogP) is 0.770. The number of aliphatic hydroxyl groups is 1. The maximum atomic E-state index is 11.6. The maximum absolute atomic E-state index is 11.6. The molecule has 18 heavy (non-hydrogen) atoms. The molecule has 5 heteroatoms. The number of nitrogens with zero attached hydrogens (tertiary/aromatic N) is 1. The van der Waals surface area contributed by atoms with Gasteiger partial charge in [-0.3, -0.25) is 4.79 Å². The van der Waals surface area contributed by atoms with Crippen LogP contribution in [0.3, 0.4) is 0 Å². The van der Waals surface area contributed by atoms with E-state index in [1.807, 2.05) is 17.9 Å². The molecule has 1 aliphatic rings. The average Bonchev–Trinajstić information content (AvgIpc) is 2.32. The second kappa shape index (κ2) is 4.86. The van der Waals surface area contributed by atoms with Crippen molar-refractivity contribution in [1.82, 2.24) is 5.32 Å². The van der Waals surface area contributed by atoms with E-state index in [4.69, 9.17) is 0 Å². The van der Waals surface area contributed by atoms with Crippen LogP contribution >= 0.6 is 0 Å². The lowest BCUT2D eigenvalue weighted by molar-refractivity contribution is -0.122. The highest BCUT2D eigenvalue weighted by atomic mass is 16.3. The number of hydrogen-bond acceptors (Lipinski definition) is 4. The molecule has 0 radical (unpaired) electrons. The Hall–Kier alpha value is -1.75. The predicted molar refractivity (Wildman–Crippen MR) is 68.6 cm³/mol. The van der Waals surface area contributed by atoms with Gasteiger partial charge in [0.2, 0.25) is 5.91 Å². The van der Waals surface area contributed by atoms with E-state index in [1.54, 1.807) is 19.1 Å². The van der Waals surface area contributed by atoms with Gasteiger partial charge in [0.25, 0.3) is 0 Å². The lowest BCUT2D eigenvalue weighted by Gasteiger charge is -2.34. The molecule has 1 saturated heterocycles. The normalized spacial score (nSPS) is 21.6. The van der Waals surface area contributed by atoms with Crippen LogP contribution in [0.5, 0.6) is 5.75 Å². The molecule has 1 amide bonds. The summed E-state index contributed by atoms with van der Waals surface area (Å²) >= 11 is 0. The van der Waals surface area contributed by atoms with Gasteiger partial charge < -0.3 is 20.4 Å². The Morgan fingerprint density at radius 1 is 1.50 bits per heavy atom. The second-order valence-corrected chi connectivity index (χ2v) is 4.58. The topological polar surface area (TPSA) is 72.8 Å². The van der Waals surface area contributed by atoms with Crippen molar-refractivity contribution < 1.29 is 15.0 Å². The molecule has 1 aromatic rings. The lowest BCUT2D eigenvalue weighted by atomic mass is 10.1. The number of aliphatic hydroxyl groups excluding tert-OH is 1. The number of rotatable bonds is 2. The van der Waals surface area contributed by atoms with E-state index in [0.717, 1.165) is 5.69 Å². The molecule has 0 aromatic heterocycles. The molecule has 1 aliphatic heterocycles. The number of phenols is 1. The van der Waals surface area contributed by atoms with Crippen molar-refractivity contribution in [3.05, 3.63) is 23.8 Å². The number of carbonyl (C=O) groups excluding carboxylic acids is 1. The zero-order chi connectivity index (χ0) is 13.3. The van der Waals surface area contributed by atoms with E-state index in [9.17, 15) is 15.0 Å². The van der Waals surface area contributed by atoms with E-state index in [1.165, 1.54) is 0 Å². The quantitative estimate of drug-likeness (QED) is 0.725. The van der Waals surface area contributed by atoms with E-state index in [0.29, 0.717) is 18.7 Å². The van der Waals surface area contributed by atoms with Gasteiger partial charge >= 0.3 is 0 Å². The Labute approximate surface area is 106 Å².